The predicted octanol–water partition coefficient (Wildman–Crippen LogP) is 2.55. The van der Waals surface area contributed by atoms with E-state index in [2.05, 4.69) is 24.5 Å². The van der Waals surface area contributed by atoms with E-state index in [9.17, 15) is 0 Å². The number of rotatable bonds is 7. The van der Waals surface area contributed by atoms with Crippen molar-refractivity contribution >= 4 is 0 Å². The summed E-state index contributed by atoms with van der Waals surface area (Å²) in [7, 11) is 0. The van der Waals surface area contributed by atoms with Gasteiger partial charge in [0.15, 0.2) is 0 Å². The second-order valence-electron chi connectivity index (χ2n) is 5.06. The minimum absolute atomic E-state index is 0.556. The Bertz CT molecular complexity index is 145. The van der Waals surface area contributed by atoms with Crippen molar-refractivity contribution in [3.8, 4) is 0 Å². The van der Waals surface area contributed by atoms with Crippen molar-refractivity contribution in [1.29, 1.82) is 0 Å². The summed E-state index contributed by atoms with van der Waals surface area (Å²) >= 11 is 0. The van der Waals surface area contributed by atoms with Crippen LogP contribution in [0.1, 0.15) is 52.4 Å². The van der Waals surface area contributed by atoms with Crippen molar-refractivity contribution in [3.63, 3.8) is 0 Å². The molecule has 90 valence electrons. The van der Waals surface area contributed by atoms with E-state index in [1.807, 2.05) is 0 Å². The van der Waals surface area contributed by atoms with Gasteiger partial charge in [-0.1, -0.05) is 26.7 Å². The maximum absolute atomic E-state index is 3.64. The third-order valence-electron chi connectivity index (χ3n) is 3.55. The van der Waals surface area contributed by atoms with Gasteiger partial charge in [-0.15, -0.1) is 0 Å². The lowest BCUT2D eigenvalue weighted by Gasteiger charge is -2.38. The van der Waals surface area contributed by atoms with Crippen molar-refractivity contribution in [3.05, 3.63) is 0 Å². The van der Waals surface area contributed by atoms with E-state index in [-0.39, 0.29) is 0 Å². The fourth-order valence-electron chi connectivity index (χ4n) is 2.67. The molecule has 1 unspecified atom stereocenters. The molecule has 1 heterocycles. The minimum atomic E-state index is 0.556. The lowest BCUT2D eigenvalue weighted by molar-refractivity contribution is 0.183. The molecule has 0 spiro atoms. The van der Waals surface area contributed by atoms with Gasteiger partial charge in [-0.2, -0.15) is 0 Å². The SMILES string of the molecule is CCCCNCC1(CCC)CCCNC1. The molecule has 1 saturated heterocycles. The van der Waals surface area contributed by atoms with E-state index < -0.39 is 0 Å². The van der Waals surface area contributed by atoms with Crippen molar-refractivity contribution in [1.82, 2.24) is 10.6 Å². The summed E-state index contributed by atoms with van der Waals surface area (Å²) in [6, 6.07) is 0. The third-order valence-corrected chi connectivity index (χ3v) is 3.55. The molecule has 1 atom stereocenters. The van der Waals surface area contributed by atoms with Crippen molar-refractivity contribution in [2.75, 3.05) is 26.2 Å². The largest absolute Gasteiger partial charge is 0.316 e. The summed E-state index contributed by atoms with van der Waals surface area (Å²) < 4.78 is 0. The maximum Gasteiger partial charge on any atom is 0.00200 e. The smallest absolute Gasteiger partial charge is 0.00200 e. The third kappa shape index (κ3) is 4.52. The number of piperidine rings is 1. The van der Waals surface area contributed by atoms with Crippen LogP contribution in [0, 0.1) is 5.41 Å². The summed E-state index contributed by atoms with van der Waals surface area (Å²) in [6.45, 7) is 9.42. The molecule has 1 fully saturated rings. The molecule has 0 aromatic heterocycles. The van der Waals surface area contributed by atoms with Gasteiger partial charge >= 0.3 is 0 Å². The Hall–Kier alpha value is -0.0800. The molecule has 0 saturated carbocycles. The molecule has 0 radical (unpaired) electrons. The molecule has 2 heteroatoms. The molecule has 1 rings (SSSR count). The van der Waals surface area contributed by atoms with Crippen LogP contribution >= 0.6 is 0 Å². The van der Waals surface area contributed by atoms with E-state index in [0.29, 0.717) is 5.41 Å². The van der Waals surface area contributed by atoms with Crippen LogP contribution < -0.4 is 10.6 Å². The Labute approximate surface area is 95.2 Å². The van der Waals surface area contributed by atoms with Crippen molar-refractivity contribution in [2.45, 2.75) is 52.4 Å². The zero-order valence-corrected chi connectivity index (χ0v) is 10.6. The average molecular weight is 212 g/mol. The fraction of sp³-hybridized carbons (Fsp3) is 1.00. The van der Waals surface area contributed by atoms with Gasteiger partial charge < -0.3 is 10.6 Å². The van der Waals surface area contributed by atoms with Gasteiger partial charge in [0.1, 0.15) is 0 Å². The Morgan fingerprint density at radius 2 is 2.13 bits per heavy atom. The Kier molecular flexibility index (Phi) is 6.26. The molecule has 15 heavy (non-hydrogen) atoms. The van der Waals surface area contributed by atoms with E-state index in [1.165, 1.54) is 64.7 Å². The lowest BCUT2D eigenvalue weighted by Crippen LogP contribution is -2.46. The van der Waals surface area contributed by atoms with Gasteiger partial charge in [-0.25, -0.2) is 0 Å². The van der Waals surface area contributed by atoms with Gasteiger partial charge in [0.05, 0.1) is 0 Å². The zero-order valence-electron chi connectivity index (χ0n) is 10.6. The first-order valence-corrected chi connectivity index (χ1v) is 6.74. The van der Waals surface area contributed by atoms with Crippen LogP contribution in [0.3, 0.4) is 0 Å². The average Bonchev–Trinajstić information content (AvgIpc) is 2.26. The quantitative estimate of drug-likeness (QED) is 0.634. The fourth-order valence-corrected chi connectivity index (χ4v) is 2.67. The summed E-state index contributed by atoms with van der Waals surface area (Å²) in [5, 5.41) is 7.20. The van der Waals surface area contributed by atoms with Gasteiger partial charge in [0.2, 0.25) is 0 Å². The van der Waals surface area contributed by atoms with Crippen LogP contribution in [-0.2, 0) is 0 Å². The first-order valence-electron chi connectivity index (χ1n) is 6.74. The van der Waals surface area contributed by atoms with E-state index >= 15 is 0 Å². The van der Waals surface area contributed by atoms with Gasteiger partial charge in [0.25, 0.3) is 0 Å². The highest BCUT2D eigenvalue weighted by atomic mass is 14.9. The molecular weight excluding hydrogens is 184 g/mol. The van der Waals surface area contributed by atoms with Crippen LogP contribution in [0.15, 0.2) is 0 Å². The number of hydrogen-bond acceptors (Lipinski definition) is 2. The lowest BCUT2D eigenvalue weighted by atomic mass is 9.77. The normalized spacial score (nSPS) is 26.8. The van der Waals surface area contributed by atoms with Crippen LogP contribution in [0.2, 0.25) is 0 Å². The highest BCUT2D eigenvalue weighted by Gasteiger charge is 2.30. The first-order chi connectivity index (χ1) is 7.33. The molecule has 2 nitrogen and oxygen atoms in total. The van der Waals surface area contributed by atoms with Gasteiger partial charge in [-0.05, 0) is 44.2 Å². The monoisotopic (exact) mass is 212 g/mol. The maximum atomic E-state index is 3.64. The molecule has 2 N–H and O–H groups in total. The first kappa shape index (κ1) is 13.0. The molecule has 1 aliphatic heterocycles. The topological polar surface area (TPSA) is 24.1 Å². The molecule has 0 aromatic carbocycles. The van der Waals surface area contributed by atoms with Crippen molar-refractivity contribution < 1.29 is 0 Å². The number of nitrogens with one attached hydrogen (secondary N) is 2. The van der Waals surface area contributed by atoms with Crippen molar-refractivity contribution in [2.24, 2.45) is 5.41 Å². The van der Waals surface area contributed by atoms with Crippen LogP contribution in [-0.4, -0.2) is 26.2 Å². The highest BCUT2D eigenvalue weighted by Crippen LogP contribution is 2.30. The molecule has 0 amide bonds. The number of unbranched alkanes of at least 4 members (excludes halogenated alkanes) is 1. The van der Waals surface area contributed by atoms with Crippen LogP contribution in [0.4, 0.5) is 0 Å². The Morgan fingerprint density at radius 3 is 2.73 bits per heavy atom. The molecular formula is C13H28N2. The Morgan fingerprint density at radius 1 is 1.27 bits per heavy atom. The second-order valence-corrected chi connectivity index (χ2v) is 5.06. The molecule has 0 aliphatic carbocycles. The number of hydrogen-bond donors (Lipinski definition) is 2. The summed E-state index contributed by atoms with van der Waals surface area (Å²) in [5.74, 6) is 0. The predicted molar refractivity (Wildman–Crippen MR) is 67.2 cm³/mol. The molecule has 0 bridgehead atoms. The molecule has 1 aliphatic rings. The second kappa shape index (κ2) is 7.24. The summed E-state index contributed by atoms with van der Waals surface area (Å²) in [4.78, 5) is 0. The minimum Gasteiger partial charge on any atom is -0.316 e. The van der Waals surface area contributed by atoms with Crippen LogP contribution in [0.5, 0.6) is 0 Å². The molecule has 0 aromatic rings. The van der Waals surface area contributed by atoms with Crippen LogP contribution in [0.25, 0.3) is 0 Å². The van der Waals surface area contributed by atoms with E-state index in [1.54, 1.807) is 0 Å². The summed E-state index contributed by atoms with van der Waals surface area (Å²) in [5.41, 5.74) is 0.556. The van der Waals surface area contributed by atoms with E-state index in [4.69, 9.17) is 0 Å². The Balaban J connectivity index is 2.28. The highest BCUT2D eigenvalue weighted by molar-refractivity contribution is 4.86. The standard InChI is InChI=1S/C13H28N2/c1-3-5-9-14-11-13(7-4-2)8-6-10-15-12-13/h14-15H,3-12H2,1-2H3. The zero-order chi connectivity index (χ0) is 11.0. The van der Waals surface area contributed by atoms with Gasteiger partial charge in [-0.3, -0.25) is 0 Å². The summed E-state index contributed by atoms with van der Waals surface area (Å²) in [6.07, 6.45) is 8.07. The van der Waals surface area contributed by atoms with Gasteiger partial charge in [0, 0.05) is 13.1 Å². The van der Waals surface area contributed by atoms with E-state index in [0.717, 1.165) is 0 Å².